The quantitative estimate of drug-likeness (QED) is 0.0722. The van der Waals surface area contributed by atoms with E-state index in [1.807, 2.05) is 194 Å². The molecule has 77 heavy (non-hydrogen) atoms. The van der Waals surface area contributed by atoms with Gasteiger partial charge in [-0.3, -0.25) is 9.98 Å². The first-order valence-electron chi connectivity index (χ1n) is 26.4. The molecule has 0 aliphatic heterocycles. The molecule has 396 valence electrons. The summed E-state index contributed by atoms with van der Waals surface area (Å²) in [5.41, 5.74) is 6.46. The van der Waals surface area contributed by atoms with E-state index in [2.05, 4.69) is 95.2 Å². The fourth-order valence-electron chi connectivity index (χ4n) is 9.70. The van der Waals surface area contributed by atoms with Crippen molar-refractivity contribution >= 4 is 12.4 Å². The molecule has 2 atom stereocenters. The Morgan fingerprint density at radius 1 is 0.325 bits per heavy atom. The number of phenolic OH excluding ortho intramolecular Hbond substituents is 2. The number of phenols is 2. The first kappa shape index (κ1) is 59.6. The van der Waals surface area contributed by atoms with Crippen LogP contribution in [0, 0.1) is 0 Å². The Morgan fingerprint density at radius 3 is 0.779 bits per heavy atom. The van der Waals surface area contributed by atoms with Crippen LogP contribution in [0.5, 0.6) is 11.5 Å². The van der Waals surface area contributed by atoms with E-state index in [0.717, 1.165) is 55.6 Å². The summed E-state index contributed by atoms with van der Waals surface area (Å²) >= 11 is 0. The topological polar surface area (TPSA) is 106 Å². The predicted octanol–water partition coefficient (Wildman–Crippen LogP) is 16.2. The summed E-state index contributed by atoms with van der Waals surface area (Å²) in [4.78, 5) is 10.1. The number of benzene rings is 8. The number of aliphatic imine (C=N–C) groups is 2. The fourth-order valence-corrected chi connectivity index (χ4v) is 9.70. The Hall–Kier alpha value is -6.67. The molecule has 0 heterocycles. The molecule has 0 aromatic heterocycles. The van der Waals surface area contributed by atoms with Crippen LogP contribution in [0.3, 0.4) is 0 Å². The molecule has 0 spiro atoms. The minimum atomic E-state index is -1.44. The Morgan fingerprint density at radius 2 is 0.558 bits per heavy atom. The van der Waals surface area contributed by atoms with Gasteiger partial charge in [0.2, 0.25) is 0 Å². The zero-order chi connectivity index (χ0) is 55.1. The smallest absolute Gasteiger partial charge is 0.141 e. The van der Waals surface area contributed by atoms with E-state index in [9.17, 15) is 20.4 Å². The zero-order valence-corrected chi connectivity index (χ0v) is 48.7. The van der Waals surface area contributed by atoms with Crippen LogP contribution in [0.2, 0.25) is 0 Å². The van der Waals surface area contributed by atoms with Crippen molar-refractivity contribution < 1.29 is 42.1 Å². The number of hydrogen-bond donors (Lipinski definition) is 4. The normalized spacial score (nSPS) is 13.4. The van der Waals surface area contributed by atoms with Crippen molar-refractivity contribution in [1.82, 2.24) is 0 Å². The Kier molecular flexibility index (Phi) is 18.8. The van der Waals surface area contributed by atoms with Crippen LogP contribution < -0.4 is 0 Å². The molecule has 6 nitrogen and oxygen atoms in total. The average molecular weight is 1060 g/mol. The van der Waals surface area contributed by atoms with Crippen LogP contribution in [-0.2, 0) is 54.6 Å². The zero-order valence-electron chi connectivity index (χ0n) is 47.1. The maximum Gasteiger partial charge on any atom is 0.141 e. The van der Waals surface area contributed by atoms with Crippen molar-refractivity contribution in [1.29, 1.82) is 0 Å². The average Bonchev–Trinajstić information content (AvgIpc) is 3.40. The second kappa shape index (κ2) is 24.3. The van der Waals surface area contributed by atoms with Gasteiger partial charge in [0, 0.05) is 56.4 Å². The van der Waals surface area contributed by atoms with Gasteiger partial charge in [0.15, 0.2) is 0 Å². The molecular formula is C70H78N2O4Ti. The van der Waals surface area contributed by atoms with E-state index >= 15 is 0 Å². The van der Waals surface area contributed by atoms with Gasteiger partial charge in [-0.2, -0.15) is 0 Å². The number of rotatable bonds is 12. The van der Waals surface area contributed by atoms with Crippen LogP contribution in [0.4, 0.5) is 0 Å². The van der Waals surface area contributed by atoms with Gasteiger partial charge in [0.1, 0.15) is 34.8 Å². The van der Waals surface area contributed by atoms with Crippen LogP contribution >= 0.6 is 0 Å². The van der Waals surface area contributed by atoms with Crippen LogP contribution in [0.1, 0.15) is 162 Å². The fraction of sp³-hybridized carbons (Fsp3) is 0.286. The largest absolute Gasteiger partial charge is 0.507 e. The summed E-state index contributed by atoms with van der Waals surface area (Å²) in [6, 6.07) is 65.4. The third kappa shape index (κ3) is 13.7. The van der Waals surface area contributed by atoms with E-state index in [1.54, 1.807) is 12.4 Å². The van der Waals surface area contributed by atoms with Gasteiger partial charge in [-0.25, -0.2) is 0 Å². The molecule has 4 N–H and O–H groups in total. The maximum atomic E-state index is 12.6. The number of nitrogens with zero attached hydrogens (tertiary/aromatic N) is 2. The van der Waals surface area contributed by atoms with Crippen molar-refractivity contribution in [2.45, 2.75) is 128 Å². The molecular weight excluding hydrogens is 981 g/mol. The van der Waals surface area contributed by atoms with E-state index in [0.29, 0.717) is 11.1 Å². The Balaban J connectivity index is 0.000000246. The Bertz CT molecular complexity index is 2910. The number of hydrogen-bond acceptors (Lipinski definition) is 6. The first-order chi connectivity index (χ1) is 35.8. The van der Waals surface area contributed by atoms with Crippen molar-refractivity contribution in [3.05, 3.63) is 273 Å². The SMILES string of the molecule is CC(C)(C)c1cc(C=N[C@H](c2ccccc2)C(O)(c2ccccc2)c2ccccc2)c(O)c(C(C)(C)C)c1.CC(C)(C)c1cc(C=N[C@H](c2ccccc2)C(O)(c2ccccc2)c2ccccc2)c(O)c(C(C)(C)C)c1.[Ti]. The molecule has 0 fully saturated rings. The van der Waals surface area contributed by atoms with Crippen LogP contribution in [0.15, 0.2) is 216 Å². The third-order valence-corrected chi connectivity index (χ3v) is 14.2. The third-order valence-electron chi connectivity index (χ3n) is 14.2. The van der Waals surface area contributed by atoms with Crippen molar-refractivity contribution in [2.75, 3.05) is 0 Å². The van der Waals surface area contributed by atoms with E-state index in [4.69, 9.17) is 9.98 Å². The van der Waals surface area contributed by atoms with Crippen molar-refractivity contribution in [2.24, 2.45) is 9.98 Å². The number of aromatic hydroxyl groups is 2. The van der Waals surface area contributed by atoms with E-state index in [1.165, 1.54) is 0 Å². The Labute approximate surface area is 474 Å². The second-order valence-electron chi connectivity index (χ2n) is 24.1. The van der Waals surface area contributed by atoms with Gasteiger partial charge in [-0.05, 0) is 78.3 Å². The monoisotopic (exact) mass is 1060 g/mol. The molecule has 0 aliphatic carbocycles. The standard InChI is InChI=1S/2C35H39NO2.Ti/c2*1-33(2,3)29-22-26(31(37)30(23-29)34(4,5)6)24-36-32(25-16-10-7-11-17-25)35(38,27-18-12-8-13-19-27)28-20-14-9-15-21-28;/h2*7-24,32,37-38H,1-6H3;/t2*32-;/m11./s1. The molecule has 8 rings (SSSR count). The van der Waals surface area contributed by atoms with Gasteiger partial charge in [-0.15, -0.1) is 0 Å². The molecule has 0 unspecified atom stereocenters. The first-order valence-corrected chi connectivity index (χ1v) is 26.4. The second-order valence-corrected chi connectivity index (χ2v) is 24.1. The van der Waals surface area contributed by atoms with Gasteiger partial charge >= 0.3 is 0 Å². The summed E-state index contributed by atoms with van der Waals surface area (Å²) in [6.07, 6.45) is 3.46. The van der Waals surface area contributed by atoms with Crippen molar-refractivity contribution in [3.63, 3.8) is 0 Å². The van der Waals surface area contributed by atoms with Crippen LogP contribution in [-0.4, -0.2) is 32.9 Å². The number of aliphatic hydroxyl groups is 2. The van der Waals surface area contributed by atoms with Gasteiger partial charge in [0.05, 0.1) is 0 Å². The molecule has 8 aromatic rings. The van der Waals surface area contributed by atoms with Gasteiger partial charge in [0.25, 0.3) is 0 Å². The molecule has 8 aromatic carbocycles. The molecule has 0 saturated heterocycles. The molecule has 0 aliphatic rings. The summed E-state index contributed by atoms with van der Waals surface area (Å²) in [5.74, 6) is 0.452. The van der Waals surface area contributed by atoms with E-state index in [-0.39, 0.29) is 54.9 Å². The molecule has 0 bridgehead atoms. The molecule has 7 heteroatoms. The summed E-state index contributed by atoms with van der Waals surface area (Å²) in [7, 11) is 0. The minimum Gasteiger partial charge on any atom is -0.507 e. The van der Waals surface area contributed by atoms with E-state index < -0.39 is 23.3 Å². The molecule has 0 saturated carbocycles. The maximum absolute atomic E-state index is 12.6. The van der Waals surface area contributed by atoms with Gasteiger partial charge in [-0.1, -0.05) is 277 Å². The van der Waals surface area contributed by atoms with Crippen LogP contribution in [0.25, 0.3) is 0 Å². The minimum absolute atomic E-state index is 0. The molecule has 0 radical (unpaired) electrons. The summed E-state index contributed by atoms with van der Waals surface area (Å²) < 4.78 is 0. The van der Waals surface area contributed by atoms with Gasteiger partial charge < -0.3 is 20.4 Å². The molecule has 0 amide bonds. The van der Waals surface area contributed by atoms with Crippen molar-refractivity contribution in [3.8, 4) is 11.5 Å². The summed E-state index contributed by atoms with van der Waals surface area (Å²) in [5, 5.41) is 48.0. The predicted molar refractivity (Wildman–Crippen MR) is 316 cm³/mol. The summed E-state index contributed by atoms with van der Waals surface area (Å²) in [6.45, 7) is 25.6.